The van der Waals surface area contributed by atoms with Gasteiger partial charge in [-0.15, -0.1) is 0 Å². The van der Waals surface area contributed by atoms with Crippen molar-refractivity contribution in [3.05, 3.63) is 0 Å². The van der Waals surface area contributed by atoms with E-state index in [2.05, 4.69) is 31.0 Å². The first-order valence-electron chi connectivity index (χ1n) is 5.02. The Morgan fingerprint density at radius 1 is 1.54 bits per heavy atom. The molecular formula is C10H20N2O. The molecule has 1 aliphatic heterocycles. The largest absolute Gasteiger partial charge is 0.355 e. The van der Waals surface area contributed by atoms with Crippen molar-refractivity contribution < 1.29 is 4.79 Å². The van der Waals surface area contributed by atoms with Crippen LogP contribution in [0.15, 0.2) is 0 Å². The fraction of sp³-hybridized carbons (Fsp3) is 0.900. The molecule has 1 N–H and O–H groups in total. The van der Waals surface area contributed by atoms with Crippen molar-refractivity contribution in [2.24, 2.45) is 5.41 Å². The molecule has 0 aromatic rings. The zero-order chi connectivity index (χ0) is 9.90. The maximum absolute atomic E-state index is 11.2. The summed E-state index contributed by atoms with van der Waals surface area (Å²) in [6.45, 7) is 10.3. The van der Waals surface area contributed by atoms with Gasteiger partial charge >= 0.3 is 0 Å². The molecule has 1 amide bonds. The third kappa shape index (κ3) is 3.35. The molecule has 0 aromatic heterocycles. The minimum atomic E-state index is 0.186. The summed E-state index contributed by atoms with van der Waals surface area (Å²) in [6, 6.07) is 0. The van der Waals surface area contributed by atoms with Gasteiger partial charge in [0.05, 0.1) is 0 Å². The number of amides is 1. The Bertz CT molecular complexity index is 189. The Morgan fingerprint density at radius 2 is 2.23 bits per heavy atom. The third-order valence-corrected chi connectivity index (χ3v) is 2.52. The Kier molecular flexibility index (Phi) is 3.31. The predicted molar refractivity (Wildman–Crippen MR) is 53.5 cm³/mol. The van der Waals surface area contributed by atoms with Crippen LogP contribution in [-0.2, 0) is 4.79 Å². The zero-order valence-corrected chi connectivity index (χ0v) is 8.89. The van der Waals surface area contributed by atoms with E-state index in [4.69, 9.17) is 0 Å². The number of carbonyl (C=O) groups excluding carboxylic acids is 1. The summed E-state index contributed by atoms with van der Waals surface area (Å²) >= 11 is 0. The van der Waals surface area contributed by atoms with E-state index < -0.39 is 0 Å². The molecule has 1 aliphatic rings. The first kappa shape index (κ1) is 10.5. The van der Waals surface area contributed by atoms with E-state index in [0.29, 0.717) is 6.42 Å². The highest BCUT2D eigenvalue weighted by atomic mass is 16.1. The molecule has 3 heteroatoms. The van der Waals surface area contributed by atoms with Crippen LogP contribution in [0.5, 0.6) is 0 Å². The van der Waals surface area contributed by atoms with Crippen LogP contribution in [0.1, 0.15) is 27.2 Å². The van der Waals surface area contributed by atoms with Crippen LogP contribution < -0.4 is 5.32 Å². The summed E-state index contributed by atoms with van der Waals surface area (Å²) in [5.41, 5.74) is 0.200. The van der Waals surface area contributed by atoms with E-state index in [1.165, 1.54) is 0 Å². The summed E-state index contributed by atoms with van der Waals surface area (Å²) in [7, 11) is 0. The third-order valence-electron chi connectivity index (χ3n) is 2.52. The fourth-order valence-electron chi connectivity index (χ4n) is 1.70. The van der Waals surface area contributed by atoms with E-state index in [9.17, 15) is 4.79 Å². The summed E-state index contributed by atoms with van der Waals surface area (Å²) < 4.78 is 0. The molecular weight excluding hydrogens is 164 g/mol. The Morgan fingerprint density at radius 3 is 2.85 bits per heavy atom. The standard InChI is InChI=1S/C10H20N2O/c1-4-12-6-5-9(13)11-7-10(2,3)8-12/h4-8H2,1-3H3,(H,11,13). The van der Waals surface area contributed by atoms with E-state index >= 15 is 0 Å². The van der Waals surface area contributed by atoms with Gasteiger partial charge in [0.2, 0.25) is 5.91 Å². The lowest BCUT2D eigenvalue weighted by Gasteiger charge is -2.34. The van der Waals surface area contributed by atoms with Gasteiger partial charge in [0.25, 0.3) is 0 Å². The van der Waals surface area contributed by atoms with Crippen LogP contribution in [0, 0.1) is 5.41 Å². The van der Waals surface area contributed by atoms with Gasteiger partial charge in [-0.05, 0) is 12.0 Å². The van der Waals surface area contributed by atoms with Gasteiger partial charge in [0.15, 0.2) is 0 Å². The number of hydrogen-bond donors (Lipinski definition) is 1. The second-order valence-corrected chi connectivity index (χ2v) is 4.56. The normalized spacial score (nSPS) is 24.7. The lowest BCUT2D eigenvalue weighted by molar-refractivity contribution is -0.122. The van der Waals surface area contributed by atoms with Crippen molar-refractivity contribution >= 4 is 5.91 Å². The maximum Gasteiger partial charge on any atom is 0.221 e. The highest BCUT2D eigenvalue weighted by molar-refractivity contribution is 5.76. The van der Waals surface area contributed by atoms with Crippen molar-refractivity contribution in [3.8, 4) is 0 Å². The average Bonchev–Trinajstić information content (AvgIpc) is 2.07. The van der Waals surface area contributed by atoms with Crippen LogP contribution in [0.2, 0.25) is 0 Å². The van der Waals surface area contributed by atoms with Gasteiger partial charge in [0.1, 0.15) is 0 Å². The molecule has 1 saturated heterocycles. The Balaban J connectivity index is 2.58. The van der Waals surface area contributed by atoms with Crippen molar-refractivity contribution in [1.29, 1.82) is 0 Å². The van der Waals surface area contributed by atoms with Crippen LogP contribution in [0.3, 0.4) is 0 Å². The smallest absolute Gasteiger partial charge is 0.221 e. The molecule has 0 saturated carbocycles. The molecule has 0 unspecified atom stereocenters. The highest BCUT2D eigenvalue weighted by Crippen LogP contribution is 2.17. The zero-order valence-electron chi connectivity index (χ0n) is 8.89. The first-order valence-corrected chi connectivity index (χ1v) is 5.02. The molecule has 0 atom stereocenters. The minimum absolute atomic E-state index is 0.186. The molecule has 0 spiro atoms. The maximum atomic E-state index is 11.2. The van der Waals surface area contributed by atoms with Gasteiger partial charge in [-0.1, -0.05) is 20.8 Å². The number of nitrogens with zero attached hydrogens (tertiary/aromatic N) is 1. The number of hydrogen-bond acceptors (Lipinski definition) is 2. The Labute approximate surface area is 80.5 Å². The summed E-state index contributed by atoms with van der Waals surface area (Å²) in [5.74, 6) is 0.186. The van der Waals surface area contributed by atoms with Gasteiger partial charge in [0, 0.05) is 26.1 Å². The van der Waals surface area contributed by atoms with Crippen LogP contribution in [0.4, 0.5) is 0 Å². The van der Waals surface area contributed by atoms with Crippen molar-refractivity contribution in [1.82, 2.24) is 10.2 Å². The number of nitrogens with one attached hydrogen (secondary N) is 1. The number of carbonyl (C=O) groups is 1. The lowest BCUT2D eigenvalue weighted by atomic mass is 9.91. The van der Waals surface area contributed by atoms with Crippen molar-refractivity contribution in [2.75, 3.05) is 26.2 Å². The average molecular weight is 184 g/mol. The molecule has 1 fully saturated rings. The van der Waals surface area contributed by atoms with E-state index in [1.54, 1.807) is 0 Å². The highest BCUT2D eigenvalue weighted by Gasteiger charge is 2.24. The second kappa shape index (κ2) is 4.09. The van der Waals surface area contributed by atoms with E-state index in [1.807, 2.05) is 0 Å². The summed E-state index contributed by atoms with van der Waals surface area (Å²) in [5, 5.41) is 2.95. The van der Waals surface area contributed by atoms with Crippen LogP contribution >= 0.6 is 0 Å². The van der Waals surface area contributed by atoms with Crippen LogP contribution in [0.25, 0.3) is 0 Å². The molecule has 0 radical (unpaired) electrons. The molecule has 76 valence electrons. The van der Waals surface area contributed by atoms with Crippen molar-refractivity contribution in [3.63, 3.8) is 0 Å². The quantitative estimate of drug-likeness (QED) is 0.655. The van der Waals surface area contributed by atoms with E-state index in [0.717, 1.165) is 26.2 Å². The summed E-state index contributed by atoms with van der Waals surface area (Å²) in [6.07, 6.45) is 0.643. The lowest BCUT2D eigenvalue weighted by Crippen LogP contribution is -2.46. The van der Waals surface area contributed by atoms with Crippen LogP contribution in [-0.4, -0.2) is 37.0 Å². The van der Waals surface area contributed by atoms with E-state index in [-0.39, 0.29) is 11.3 Å². The monoisotopic (exact) mass is 184 g/mol. The molecule has 0 aliphatic carbocycles. The van der Waals surface area contributed by atoms with Gasteiger partial charge < -0.3 is 10.2 Å². The molecule has 0 aromatic carbocycles. The van der Waals surface area contributed by atoms with Gasteiger partial charge in [-0.25, -0.2) is 0 Å². The topological polar surface area (TPSA) is 32.3 Å². The number of rotatable bonds is 1. The minimum Gasteiger partial charge on any atom is -0.355 e. The first-order chi connectivity index (χ1) is 6.03. The van der Waals surface area contributed by atoms with Crippen molar-refractivity contribution in [2.45, 2.75) is 27.2 Å². The predicted octanol–water partition coefficient (Wildman–Crippen LogP) is 0.854. The molecule has 0 bridgehead atoms. The van der Waals surface area contributed by atoms with Gasteiger partial charge in [-0.2, -0.15) is 0 Å². The molecule has 1 rings (SSSR count). The molecule has 3 nitrogen and oxygen atoms in total. The second-order valence-electron chi connectivity index (χ2n) is 4.56. The Hall–Kier alpha value is -0.570. The fourth-order valence-corrected chi connectivity index (χ4v) is 1.70. The van der Waals surface area contributed by atoms with Gasteiger partial charge in [-0.3, -0.25) is 4.79 Å². The molecule has 13 heavy (non-hydrogen) atoms. The SMILES string of the molecule is CCN1CCC(=O)NCC(C)(C)C1. The summed E-state index contributed by atoms with van der Waals surface area (Å²) in [4.78, 5) is 13.6. The molecule has 1 heterocycles.